The summed E-state index contributed by atoms with van der Waals surface area (Å²) >= 11 is 2.80. The van der Waals surface area contributed by atoms with Crippen LogP contribution >= 0.6 is 23.1 Å². The van der Waals surface area contributed by atoms with Crippen LogP contribution in [-0.4, -0.2) is 53.6 Å². The van der Waals surface area contributed by atoms with Crippen molar-refractivity contribution in [3.8, 4) is 5.75 Å². The lowest BCUT2D eigenvalue weighted by atomic mass is 10.1. The van der Waals surface area contributed by atoms with E-state index in [2.05, 4.69) is 15.6 Å². The van der Waals surface area contributed by atoms with Crippen LogP contribution in [0.2, 0.25) is 0 Å². The molecule has 3 amide bonds. The van der Waals surface area contributed by atoms with Crippen molar-refractivity contribution in [3.63, 3.8) is 0 Å². The molecule has 4 aromatic rings. The van der Waals surface area contributed by atoms with E-state index in [0.29, 0.717) is 28.3 Å². The summed E-state index contributed by atoms with van der Waals surface area (Å²) < 4.78 is 6.91. The van der Waals surface area contributed by atoms with Gasteiger partial charge in [0, 0.05) is 18.8 Å². The summed E-state index contributed by atoms with van der Waals surface area (Å²) in [6.45, 7) is 1.44. The Morgan fingerprint density at radius 1 is 0.974 bits per heavy atom. The molecule has 1 saturated heterocycles. The van der Waals surface area contributed by atoms with E-state index in [4.69, 9.17) is 4.74 Å². The number of anilines is 2. The van der Waals surface area contributed by atoms with Gasteiger partial charge >= 0.3 is 0 Å². The van der Waals surface area contributed by atoms with E-state index in [1.54, 1.807) is 54.5 Å². The normalized spacial score (nSPS) is 12.9. The number of benzene rings is 3. The van der Waals surface area contributed by atoms with Gasteiger partial charge in [0.2, 0.25) is 5.91 Å². The van der Waals surface area contributed by atoms with Gasteiger partial charge in [0.1, 0.15) is 5.75 Å². The molecule has 0 radical (unpaired) electrons. The number of fused-ring (bicyclic) bond motifs is 1. The summed E-state index contributed by atoms with van der Waals surface area (Å²) in [6.07, 6.45) is 1.98. The molecule has 2 N–H and O–H groups in total. The Kier molecular flexibility index (Phi) is 7.90. The fourth-order valence-corrected chi connectivity index (χ4v) is 6.17. The number of para-hydroxylation sites is 2. The predicted octanol–water partition coefficient (Wildman–Crippen LogP) is 5.52. The van der Waals surface area contributed by atoms with Crippen LogP contribution in [0, 0.1) is 0 Å². The lowest BCUT2D eigenvalue weighted by Crippen LogP contribution is -2.29. The molecule has 0 saturated carbocycles. The maximum atomic E-state index is 13.1. The van der Waals surface area contributed by atoms with Crippen molar-refractivity contribution >= 4 is 62.4 Å². The Hall–Kier alpha value is -3.89. The molecule has 0 aliphatic carbocycles. The van der Waals surface area contributed by atoms with Crippen LogP contribution < -0.4 is 15.4 Å². The maximum absolute atomic E-state index is 13.1. The molecular weight excluding hydrogens is 520 g/mol. The number of hydrogen-bond acceptors (Lipinski definition) is 7. The van der Waals surface area contributed by atoms with Crippen LogP contribution in [0.1, 0.15) is 33.6 Å². The first-order valence-corrected chi connectivity index (χ1v) is 14.0. The number of amides is 3. The van der Waals surface area contributed by atoms with Crippen molar-refractivity contribution in [3.05, 3.63) is 77.9 Å². The first-order valence-electron chi connectivity index (χ1n) is 12.2. The number of nitrogens with zero attached hydrogens (tertiary/aromatic N) is 2. The second-order valence-corrected chi connectivity index (χ2v) is 11.0. The van der Waals surface area contributed by atoms with Gasteiger partial charge in [-0.15, -0.1) is 11.3 Å². The van der Waals surface area contributed by atoms with Gasteiger partial charge < -0.3 is 20.3 Å². The predicted molar refractivity (Wildman–Crippen MR) is 152 cm³/mol. The molecule has 194 valence electrons. The van der Waals surface area contributed by atoms with Gasteiger partial charge in [-0.2, -0.15) is 0 Å². The van der Waals surface area contributed by atoms with Crippen LogP contribution in [0.5, 0.6) is 5.75 Å². The molecule has 0 spiro atoms. The lowest BCUT2D eigenvalue weighted by Gasteiger charge is -2.17. The molecule has 38 heavy (non-hydrogen) atoms. The van der Waals surface area contributed by atoms with Crippen molar-refractivity contribution in [1.82, 2.24) is 9.88 Å². The van der Waals surface area contributed by atoms with E-state index in [0.717, 1.165) is 40.5 Å². The fourth-order valence-electron chi connectivity index (χ4n) is 4.26. The van der Waals surface area contributed by atoms with Crippen molar-refractivity contribution in [1.29, 1.82) is 0 Å². The number of methoxy groups -OCH3 is 1. The Balaban J connectivity index is 1.24. The average Bonchev–Trinajstić information content (AvgIpc) is 3.62. The van der Waals surface area contributed by atoms with E-state index in [9.17, 15) is 14.4 Å². The van der Waals surface area contributed by atoms with Crippen molar-refractivity contribution < 1.29 is 19.1 Å². The first-order chi connectivity index (χ1) is 18.5. The van der Waals surface area contributed by atoms with Gasteiger partial charge in [-0.25, -0.2) is 4.98 Å². The topological polar surface area (TPSA) is 101 Å². The van der Waals surface area contributed by atoms with Crippen LogP contribution in [0.4, 0.5) is 11.4 Å². The third-order valence-corrected chi connectivity index (χ3v) is 8.29. The maximum Gasteiger partial charge on any atom is 0.256 e. The van der Waals surface area contributed by atoms with Gasteiger partial charge in [-0.1, -0.05) is 36.0 Å². The molecule has 1 aromatic heterocycles. The minimum Gasteiger partial charge on any atom is -0.495 e. The Labute approximate surface area is 228 Å². The SMILES string of the molecule is COc1ccccc1NC(=O)CSc1nc2ccc(NC(=O)c3ccccc3C(=O)N3CCCC3)cc2s1. The van der Waals surface area contributed by atoms with E-state index < -0.39 is 0 Å². The van der Waals surface area contributed by atoms with E-state index in [1.165, 1.54) is 23.1 Å². The summed E-state index contributed by atoms with van der Waals surface area (Å²) in [4.78, 5) is 44.9. The van der Waals surface area contributed by atoms with Crippen LogP contribution in [0.25, 0.3) is 10.2 Å². The number of nitrogens with one attached hydrogen (secondary N) is 2. The Morgan fingerprint density at radius 2 is 1.71 bits per heavy atom. The van der Waals surface area contributed by atoms with Gasteiger partial charge in [0.05, 0.1) is 39.9 Å². The second-order valence-electron chi connectivity index (χ2n) is 8.70. The van der Waals surface area contributed by atoms with E-state index in [1.807, 2.05) is 24.3 Å². The van der Waals surface area contributed by atoms with Crippen molar-refractivity contribution in [2.75, 3.05) is 36.6 Å². The summed E-state index contributed by atoms with van der Waals surface area (Å²) in [5.41, 5.74) is 2.78. The molecular formula is C28H26N4O4S2. The zero-order valence-corrected chi connectivity index (χ0v) is 22.4. The molecule has 8 nitrogen and oxygen atoms in total. The fraction of sp³-hybridized carbons (Fsp3) is 0.214. The molecule has 0 bridgehead atoms. The summed E-state index contributed by atoms with van der Waals surface area (Å²) in [5, 5.41) is 5.78. The molecule has 3 aromatic carbocycles. The lowest BCUT2D eigenvalue weighted by molar-refractivity contribution is -0.113. The van der Waals surface area contributed by atoms with E-state index in [-0.39, 0.29) is 23.5 Å². The highest BCUT2D eigenvalue weighted by molar-refractivity contribution is 8.01. The number of rotatable bonds is 8. The molecule has 1 aliphatic heterocycles. The Bertz CT molecular complexity index is 1500. The third-order valence-electron chi connectivity index (χ3n) is 6.13. The van der Waals surface area contributed by atoms with Gasteiger partial charge in [0.15, 0.2) is 4.34 Å². The van der Waals surface area contributed by atoms with Crippen LogP contribution in [0.3, 0.4) is 0 Å². The second kappa shape index (κ2) is 11.7. The first kappa shape index (κ1) is 25.7. The summed E-state index contributed by atoms with van der Waals surface area (Å²) in [5.74, 6) is 0.197. The molecule has 5 rings (SSSR count). The molecule has 10 heteroatoms. The number of thiazole rings is 1. The quantitative estimate of drug-likeness (QED) is 0.282. The number of aromatic nitrogens is 1. The molecule has 0 atom stereocenters. The van der Waals surface area contributed by atoms with E-state index >= 15 is 0 Å². The average molecular weight is 547 g/mol. The van der Waals surface area contributed by atoms with Gasteiger partial charge in [-0.3, -0.25) is 14.4 Å². The highest BCUT2D eigenvalue weighted by Crippen LogP contribution is 2.32. The zero-order chi connectivity index (χ0) is 26.5. The zero-order valence-electron chi connectivity index (χ0n) is 20.7. The minimum atomic E-state index is -0.334. The van der Waals surface area contributed by atoms with Crippen LogP contribution in [0.15, 0.2) is 71.1 Å². The third kappa shape index (κ3) is 5.81. The molecule has 2 heterocycles. The number of ether oxygens (including phenoxy) is 1. The number of carbonyl (C=O) groups excluding carboxylic acids is 3. The number of carbonyl (C=O) groups is 3. The minimum absolute atomic E-state index is 0.109. The van der Waals surface area contributed by atoms with Crippen LogP contribution in [-0.2, 0) is 4.79 Å². The number of hydrogen-bond donors (Lipinski definition) is 2. The molecule has 0 unspecified atom stereocenters. The van der Waals surface area contributed by atoms with Gasteiger partial charge in [0.25, 0.3) is 11.8 Å². The molecule has 1 fully saturated rings. The highest BCUT2D eigenvalue weighted by atomic mass is 32.2. The van der Waals surface area contributed by atoms with Crippen molar-refractivity contribution in [2.45, 2.75) is 17.2 Å². The largest absolute Gasteiger partial charge is 0.495 e. The highest BCUT2D eigenvalue weighted by Gasteiger charge is 2.24. The van der Waals surface area contributed by atoms with Crippen molar-refractivity contribution in [2.24, 2.45) is 0 Å². The molecule has 1 aliphatic rings. The number of thioether (sulfide) groups is 1. The smallest absolute Gasteiger partial charge is 0.256 e. The Morgan fingerprint density at radius 3 is 2.50 bits per heavy atom. The monoisotopic (exact) mass is 546 g/mol. The number of likely N-dealkylation sites (tertiary alicyclic amines) is 1. The summed E-state index contributed by atoms with van der Waals surface area (Å²) in [6, 6.07) is 19.6. The standard InChI is InChI=1S/C28H26N4O4S2/c1-36-23-11-5-4-10-21(23)30-25(33)17-37-28-31-22-13-12-18(16-24(22)38-28)29-26(34)19-8-2-3-9-20(19)27(35)32-14-6-7-15-32/h2-5,8-13,16H,6-7,14-15,17H2,1H3,(H,29,34)(H,30,33). The van der Waals surface area contributed by atoms with Gasteiger partial charge in [-0.05, 0) is 55.3 Å². The summed E-state index contributed by atoms with van der Waals surface area (Å²) in [7, 11) is 1.56.